The Labute approximate surface area is 116 Å². The van der Waals surface area contributed by atoms with Crippen molar-refractivity contribution in [2.24, 2.45) is 11.1 Å². The highest BCUT2D eigenvalue weighted by Gasteiger charge is 2.28. The highest BCUT2D eigenvalue weighted by molar-refractivity contribution is 5.88. The van der Waals surface area contributed by atoms with Crippen molar-refractivity contribution in [1.29, 1.82) is 0 Å². The van der Waals surface area contributed by atoms with E-state index in [0.717, 1.165) is 0 Å². The molecule has 9 heteroatoms. The highest BCUT2D eigenvalue weighted by Crippen LogP contribution is 2.12. The van der Waals surface area contributed by atoms with Gasteiger partial charge in [0.15, 0.2) is 0 Å². The summed E-state index contributed by atoms with van der Waals surface area (Å²) in [5.74, 6) is -2.49. The number of carboxylic acid groups (broad SMARTS) is 1. The second kappa shape index (κ2) is 7.31. The second-order valence-electron chi connectivity index (χ2n) is 4.85. The Morgan fingerprint density at radius 1 is 1.25 bits per heavy atom. The molecule has 0 aromatic rings. The minimum atomic E-state index is -1.41. The van der Waals surface area contributed by atoms with Crippen LogP contribution in [0.1, 0.15) is 20.3 Å². The molecule has 20 heavy (non-hydrogen) atoms. The number of carbonyl (C=O) groups is 4. The summed E-state index contributed by atoms with van der Waals surface area (Å²) in [5, 5.41) is 15.7. The monoisotopic (exact) mass is 288 g/mol. The summed E-state index contributed by atoms with van der Waals surface area (Å²) < 4.78 is 0. The third kappa shape index (κ3) is 6.03. The number of carbonyl (C=O) groups excluding carboxylic acids is 3. The quantitative estimate of drug-likeness (QED) is 0.381. The van der Waals surface area contributed by atoms with Crippen LogP contribution in [0, 0.1) is 5.41 Å². The number of hydrogen-bond donors (Lipinski definition) is 5. The standard InChI is InChI=1S/C11H20N4O5/c1-11(2,9(19)13-3)5-14-10(20)15-6(8(17)18)4-7(12)16/h6H,4-5H2,1-3H3,(H2,12,16)(H,13,19)(H,17,18)(H2,14,15,20)/t6-/m1/s1. The fraction of sp³-hybridized carbons (Fsp3) is 0.636. The lowest BCUT2D eigenvalue weighted by molar-refractivity contribution is -0.140. The molecule has 9 nitrogen and oxygen atoms in total. The molecule has 0 aliphatic heterocycles. The molecule has 0 aromatic carbocycles. The van der Waals surface area contributed by atoms with Crippen LogP contribution >= 0.6 is 0 Å². The van der Waals surface area contributed by atoms with Crippen molar-refractivity contribution >= 4 is 23.8 Å². The first-order valence-corrected chi connectivity index (χ1v) is 5.88. The SMILES string of the molecule is CNC(=O)C(C)(C)CNC(=O)N[C@H](CC(N)=O)C(=O)O. The summed E-state index contributed by atoms with van der Waals surface area (Å²) in [5.41, 5.74) is 4.03. The summed E-state index contributed by atoms with van der Waals surface area (Å²) in [6.07, 6.45) is -0.512. The third-order valence-corrected chi connectivity index (χ3v) is 2.54. The van der Waals surface area contributed by atoms with Crippen molar-refractivity contribution in [3.05, 3.63) is 0 Å². The van der Waals surface area contributed by atoms with Gasteiger partial charge >= 0.3 is 12.0 Å². The average Bonchev–Trinajstić information content (AvgIpc) is 2.34. The fourth-order valence-electron chi connectivity index (χ4n) is 1.33. The maximum atomic E-state index is 11.5. The lowest BCUT2D eigenvalue weighted by Crippen LogP contribution is -2.51. The van der Waals surface area contributed by atoms with Gasteiger partial charge in [0.2, 0.25) is 11.8 Å². The zero-order valence-electron chi connectivity index (χ0n) is 11.6. The van der Waals surface area contributed by atoms with Crippen molar-refractivity contribution < 1.29 is 24.3 Å². The minimum Gasteiger partial charge on any atom is -0.480 e. The molecule has 0 bridgehead atoms. The molecule has 0 radical (unpaired) electrons. The maximum Gasteiger partial charge on any atom is 0.326 e. The maximum absolute atomic E-state index is 11.5. The highest BCUT2D eigenvalue weighted by atomic mass is 16.4. The first kappa shape index (κ1) is 17.7. The molecule has 6 N–H and O–H groups in total. The molecule has 0 saturated heterocycles. The van der Waals surface area contributed by atoms with E-state index in [9.17, 15) is 19.2 Å². The Balaban J connectivity index is 4.44. The van der Waals surface area contributed by atoms with E-state index in [2.05, 4.69) is 16.0 Å². The molecule has 0 aliphatic rings. The second-order valence-corrected chi connectivity index (χ2v) is 4.85. The molecule has 0 heterocycles. The van der Waals surface area contributed by atoms with E-state index >= 15 is 0 Å². The fourth-order valence-corrected chi connectivity index (χ4v) is 1.33. The van der Waals surface area contributed by atoms with Crippen molar-refractivity contribution in [3.8, 4) is 0 Å². The van der Waals surface area contributed by atoms with E-state index in [1.807, 2.05) is 0 Å². The minimum absolute atomic E-state index is 0.00141. The van der Waals surface area contributed by atoms with E-state index in [4.69, 9.17) is 10.8 Å². The van der Waals surface area contributed by atoms with Crippen LogP contribution in [0.3, 0.4) is 0 Å². The molecular weight excluding hydrogens is 268 g/mol. The van der Waals surface area contributed by atoms with Gasteiger partial charge in [-0.05, 0) is 13.8 Å². The van der Waals surface area contributed by atoms with Crippen LogP contribution in [0.25, 0.3) is 0 Å². The number of aliphatic carboxylic acids is 1. The molecule has 0 fully saturated rings. The predicted molar refractivity (Wildman–Crippen MR) is 69.6 cm³/mol. The van der Waals surface area contributed by atoms with Crippen LogP contribution in [0.15, 0.2) is 0 Å². The average molecular weight is 288 g/mol. The Morgan fingerprint density at radius 3 is 2.20 bits per heavy atom. The largest absolute Gasteiger partial charge is 0.480 e. The van der Waals surface area contributed by atoms with E-state index < -0.39 is 35.8 Å². The lowest BCUT2D eigenvalue weighted by atomic mass is 9.92. The summed E-state index contributed by atoms with van der Waals surface area (Å²) in [4.78, 5) is 44.5. The van der Waals surface area contributed by atoms with Crippen molar-refractivity contribution in [1.82, 2.24) is 16.0 Å². The van der Waals surface area contributed by atoms with Crippen molar-refractivity contribution in [2.75, 3.05) is 13.6 Å². The van der Waals surface area contributed by atoms with Crippen LogP contribution in [0.4, 0.5) is 4.79 Å². The van der Waals surface area contributed by atoms with Crippen LogP contribution in [0.5, 0.6) is 0 Å². The van der Waals surface area contributed by atoms with Gasteiger partial charge in [0.25, 0.3) is 0 Å². The van der Waals surface area contributed by atoms with Gasteiger partial charge in [0.1, 0.15) is 6.04 Å². The van der Waals surface area contributed by atoms with Crippen LogP contribution in [0.2, 0.25) is 0 Å². The Bertz CT molecular complexity index is 408. The van der Waals surface area contributed by atoms with Crippen molar-refractivity contribution in [3.63, 3.8) is 0 Å². The van der Waals surface area contributed by atoms with Gasteiger partial charge in [-0.3, -0.25) is 9.59 Å². The first-order chi connectivity index (χ1) is 9.10. The van der Waals surface area contributed by atoms with E-state index in [0.29, 0.717) is 0 Å². The third-order valence-electron chi connectivity index (χ3n) is 2.54. The number of carboxylic acids is 1. The van der Waals surface area contributed by atoms with Crippen LogP contribution in [-0.2, 0) is 14.4 Å². The van der Waals surface area contributed by atoms with E-state index in [1.54, 1.807) is 13.8 Å². The van der Waals surface area contributed by atoms with E-state index in [1.165, 1.54) is 7.05 Å². The summed E-state index contributed by atoms with van der Waals surface area (Å²) in [7, 11) is 1.47. The number of primary amides is 1. The molecule has 114 valence electrons. The van der Waals surface area contributed by atoms with Crippen LogP contribution in [-0.4, -0.2) is 48.6 Å². The van der Waals surface area contributed by atoms with Gasteiger partial charge in [-0.2, -0.15) is 0 Å². The number of urea groups is 1. The van der Waals surface area contributed by atoms with Gasteiger partial charge < -0.3 is 26.8 Å². The molecule has 0 rings (SSSR count). The molecule has 0 spiro atoms. The van der Waals surface area contributed by atoms with Crippen LogP contribution < -0.4 is 21.7 Å². The zero-order chi connectivity index (χ0) is 15.9. The Hall–Kier alpha value is -2.32. The van der Waals surface area contributed by atoms with Crippen molar-refractivity contribution in [2.45, 2.75) is 26.3 Å². The smallest absolute Gasteiger partial charge is 0.326 e. The molecule has 0 aliphatic carbocycles. The molecule has 4 amide bonds. The molecule has 1 atom stereocenters. The Kier molecular flexibility index (Phi) is 6.47. The number of hydrogen-bond acceptors (Lipinski definition) is 4. The molecule has 0 aromatic heterocycles. The lowest BCUT2D eigenvalue weighted by Gasteiger charge is -2.23. The van der Waals surface area contributed by atoms with Gasteiger partial charge in [-0.1, -0.05) is 0 Å². The number of rotatable bonds is 7. The topological polar surface area (TPSA) is 151 Å². The summed E-state index contributed by atoms with van der Waals surface area (Å²) in [6.45, 7) is 3.23. The predicted octanol–water partition coefficient (Wildman–Crippen LogP) is -1.61. The van der Waals surface area contributed by atoms with Gasteiger partial charge in [-0.25, -0.2) is 9.59 Å². The van der Waals surface area contributed by atoms with Gasteiger partial charge in [0.05, 0.1) is 11.8 Å². The number of amides is 4. The van der Waals surface area contributed by atoms with E-state index in [-0.39, 0.29) is 12.5 Å². The summed E-state index contributed by atoms with van der Waals surface area (Å²) >= 11 is 0. The zero-order valence-corrected chi connectivity index (χ0v) is 11.6. The van der Waals surface area contributed by atoms with Gasteiger partial charge in [0, 0.05) is 13.6 Å². The number of nitrogens with one attached hydrogen (secondary N) is 3. The first-order valence-electron chi connectivity index (χ1n) is 5.88. The number of nitrogens with two attached hydrogens (primary N) is 1. The van der Waals surface area contributed by atoms with Gasteiger partial charge in [-0.15, -0.1) is 0 Å². The molecule has 0 saturated carbocycles. The summed E-state index contributed by atoms with van der Waals surface area (Å²) in [6, 6.07) is -2.20. The normalized spacial score (nSPS) is 12.2. The molecular formula is C11H20N4O5. The molecule has 0 unspecified atom stereocenters. The Morgan fingerprint density at radius 2 is 1.80 bits per heavy atom.